The highest BCUT2D eigenvalue weighted by Gasteiger charge is 2.22. The molecule has 1 nitrogen and oxygen atoms in total. The van der Waals surface area contributed by atoms with Crippen LogP contribution >= 0.6 is 0 Å². The summed E-state index contributed by atoms with van der Waals surface area (Å²) in [5, 5.41) is 3.75. The first-order valence-electron chi connectivity index (χ1n) is 8.38. The smallest absolute Gasteiger partial charge is 0.0208 e. The van der Waals surface area contributed by atoms with Gasteiger partial charge in [0.1, 0.15) is 0 Å². The van der Waals surface area contributed by atoms with Crippen LogP contribution < -0.4 is 5.32 Å². The van der Waals surface area contributed by atoms with Crippen LogP contribution in [0.25, 0.3) is 0 Å². The molecule has 1 heteroatoms. The fourth-order valence-corrected chi connectivity index (χ4v) is 3.27. The molecule has 0 radical (unpaired) electrons. The molecule has 0 atom stereocenters. The predicted molar refractivity (Wildman–Crippen MR) is 88.0 cm³/mol. The van der Waals surface area contributed by atoms with Gasteiger partial charge in [0.2, 0.25) is 0 Å². The van der Waals surface area contributed by atoms with E-state index in [2.05, 4.69) is 57.3 Å². The normalized spacial score (nSPS) is 23.5. The summed E-state index contributed by atoms with van der Waals surface area (Å²) < 4.78 is 0. The van der Waals surface area contributed by atoms with Crippen LogP contribution in [0.5, 0.6) is 0 Å². The Hall–Kier alpha value is -0.820. The second-order valence-electron chi connectivity index (χ2n) is 7.13. The Bertz CT molecular complexity index is 383. The third-order valence-electron chi connectivity index (χ3n) is 4.96. The summed E-state index contributed by atoms with van der Waals surface area (Å²) in [4.78, 5) is 0. The highest BCUT2D eigenvalue weighted by molar-refractivity contribution is 5.24. The van der Waals surface area contributed by atoms with E-state index in [-0.39, 0.29) is 0 Å². The van der Waals surface area contributed by atoms with Crippen LogP contribution in [0, 0.1) is 11.8 Å². The van der Waals surface area contributed by atoms with Gasteiger partial charge >= 0.3 is 0 Å². The SMILES string of the molecule is CC(C)c1ccc(CNC2CCC(C(C)C)CC2)cc1. The van der Waals surface area contributed by atoms with Crippen molar-refractivity contribution in [1.29, 1.82) is 0 Å². The van der Waals surface area contributed by atoms with Gasteiger partial charge in [0.25, 0.3) is 0 Å². The van der Waals surface area contributed by atoms with Crippen LogP contribution in [0.1, 0.15) is 70.4 Å². The molecule has 0 aromatic heterocycles. The molecule has 1 N–H and O–H groups in total. The average Bonchev–Trinajstić information content (AvgIpc) is 2.46. The van der Waals surface area contributed by atoms with Gasteiger partial charge in [-0.25, -0.2) is 0 Å². The molecule has 1 aliphatic carbocycles. The largest absolute Gasteiger partial charge is 0.310 e. The summed E-state index contributed by atoms with van der Waals surface area (Å²) in [6.45, 7) is 10.3. The monoisotopic (exact) mass is 273 g/mol. The van der Waals surface area contributed by atoms with Crippen LogP contribution in [-0.2, 0) is 6.54 Å². The number of nitrogens with one attached hydrogen (secondary N) is 1. The van der Waals surface area contributed by atoms with Crippen molar-refractivity contribution < 1.29 is 0 Å². The standard InChI is InChI=1S/C19H31N/c1-14(2)17-7-5-16(6-8-17)13-20-19-11-9-18(10-12-19)15(3)4/h5-8,14-15,18-20H,9-13H2,1-4H3. The minimum atomic E-state index is 0.628. The van der Waals surface area contributed by atoms with Crippen molar-refractivity contribution in [1.82, 2.24) is 5.32 Å². The van der Waals surface area contributed by atoms with Crippen LogP contribution in [0.3, 0.4) is 0 Å². The molecule has 0 unspecified atom stereocenters. The van der Waals surface area contributed by atoms with Crippen LogP contribution in [0.2, 0.25) is 0 Å². The van der Waals surface area contributed by atoms with E-state index in [1.165, 1.54) is 36.8 Å². The summed E-state index contributed by atoms with van der Waals surface area (Å²) in [7, 11) is 0. The first-order valence-corrected chi connectivity index (χ1v) is 8.38. The third kappa shape index (κ3) is 4.34. The summed E-state index contributed by atoms with van der Waals surface area (Å²) in [5.41, 5.74) is 2.85. The molecule has 1 aromatic carbocycles. The number of hydrogen-bond acceptors (Lipinski definition) is 1. The highest BCUT2D eigenvalue weighted by Crippen LogP contribution is 2.29. The second kappa shape index (κ2) is 7.26. The molecular weight excluding hydrogens is 242 g/mol. The molecule has 1 aromatic rings. The summed E-state index contributed by atoms with van der Waals surface area (Å²) in [5.74, 6) is 2.45. The van der Waals surface area contributed by atoms with Crippen molar-refractivity contribution in [3.8, 4) is 0 Å². The topological polar surface area (TPSA) is 12.0 Å². The van der Waals surface area contributed by atoms with Gasteiger partial charge in [0.05, 0.1) is 0 Å². The van der Waals surface area contributed by atoms with Gasteiger partial charge in [0.15, 0.2) is 0 Å². The van der Waals surface area contributed by atoms with E-state index in [0.29, 0.717) is 5.92 Å². The van der Waals surface area contributed by atoms with Crippen molar-refractivity contribution in [2.75, 3.05) is 0 Å². The molecule has 1 aliphatic rings. The maximum absolute atomic E-state index is 3.75. The fourth-order valence-electron chi connectivity index (χ4n) is 3.27. The number of hydrogen-bond donors (Lipinski definition) is 1. The molecule has 2 rings (SSSR count). The highest BCUT2D eigenvalue weighted by atomic mass is 14.9. The molecule has 1 saturated carbocycles. The van der Waals surface area contributed by atoms with E-state index in [4.69, 9.17) is 0 Å². The van der Waals surface area contributed by atoms with Gasteiger partial charge in [-0.3, -0.25) is 0 Å². The van der Waals surface area contributed by atoms with Crippen LogP contribution in [0.4, 0.5) is 0 Å². The van der Waals surface area contributed by atoms with Crippen LogP contribution in [0.15, 0.2) is 24.3 Å². The molecule has 0 saturated heterocycles. The van der Waals surface area contributed by atoms with Gasteiger partial charge in [-0.05, 0) is 54.6 Å². The van der Waals surface area contributed by atoms with E-state index in [0.717, 1.165) is 24.4 Å². The van der Waals surface area contributed by atoms with Crippen LogP contribution in [-0.4, -0.2) is 6.04 Å². The second-order valence-corrected chi connectivity index (χ2v) is 7.13. The zero-order valence-electron chi connectivity index (χ0n) is 13.7. The van der Waals surface area contributed by atoms with Crippen molar-refractivity contribution in [3.63, 3.8) is 0 Å². The van der Waals surface area contributed by atoms with Crippen molar-refractivity contribution in [3.05, 3.63) is 35.4 Å². The van der Waals surface area contributed by atoms with Crippen molar-refractivity contribution in [2.24, 2.45) is 11.8 Å². The molecule has 0 bridgehead atoms. The summed E-state index contributed by atoms with van der Waals surface area (Å²) >= 11 is 0. The lowest BCUT2D eigenvalue weighted by Gasteiger charge is -2.31. The van der Waals surface area contributed by atoms with Crippen molar-refractivity contribution in [2.45, 2.75) is 71.9 Å². The van der Waals surface area contributed by atoms with E-state index >= 15 is 0 Å². The maximum Gasteiger partial charge on any atom is 0.0208 e. The first kappa shape index (κ1) is 15.6. The zero-order chi connectivity index (χ0) is 14.5. The zero-order valence-corrected chi connectivity index (χ0v) is 13.7. The van der Waals surface area contributed by atoms with E-state index in [9.17, 15) is 0 Å². The quantitative estimate of drug-likeness (QED) is 0.785. The Morgan fingerprint density at radius 2 is 1.55 bits per heavy atom. The lowest BCUT2D eigenvalue weighted by molar-refractivity contribution is 0.238. The molecule has 112 valence electrons. The van der Waals surface area contributed by atoms with E-state index in [1.54, 1.807) is 0 Å². The molecule has 0 spiro atoms. The summed E-state index contributed by atoms with van der Waals surface area (Å²) in [6, 6.07) is 9.84. The predicted octanol–water partition coefficient (Wildman–Crippen LogP) is 5.11. The van der Waals surface area contributed by atoms with Gasteiger partial charge in [-0.15, -0.1) is 0 Å². The van der Waals surface area contributed by atoms with Gasteiger partial charge in [-0.1, -0.05) is 52.0 Å². The number of benzene rings is 1. The molecule has 0 aliphatic heterocycles. The third-order valence-corrected chi connectivity index (χ3v) is 4.96. The minimum Gasteiger partial charge on any atom is -0.310 e. The average molecular weight is 273 g/mol. The Kier molecular flexibility index (Phi) is 5.65. The molecule has 1 fully saturated rings. The van der Waals surface area contributed by atoms with Gasteiger partial charge in [-0.2, -0.15) is 0 Å². The first-order chi connectivity index (χ1) is 9.56. The molecule has 0 amide bonds. The van der Waals surface area contributed by atoms with Gasteiger partial charge in [0, 0.05) is 12.6 Å². The fraction of sp³-hybridized carbons (Fsp3) is 0.684. The number of rotatable bonds is 5. The molecule has 20 heavy (non-hydrogen) atoms. The lowest BCUT2D eigenvalue weighted by Crippen LogP contribution is -2.33. The molecule has 0 heterocycles. The Labute approximate surface area is 125 Å². The van der Waals surface area contributed by atoms with E-state index in [1.807, 2.05) is 0 Å². The Balaban J connectivity index is 1.76. The minimum absolute atomic E-state index is 0.628. The molecular formula is C19H31N. The maximum atomic E-state index is 3.75. The Morgan fingerprint density at radius 3 is 2.05 bits per heavy atom. The Morgan fingerprint density at radius 1 is 0.950 bits per heavy atom. The lowest BCUT2D eigenvalue weighted by atomic mass is 9.80. The van der Waals surface area contributed by atoms with Crippen molar-refractivity contribution >= 4 is 0 Å². The van der Waals surface area contributed by atoms with E-state index < -0.39 is 0 Å². The van der Waals surface area contributed by atoms with Gasteiger partial charge < -0.3 is 5.32 Å². The summed E-state index contributed by atoms with van der Waals surface area (Å²) in [6.07, 6.45) is 5.52.